The zero-order valence-corrected chi connectivity index (χ0v) is 12.8. The van der Waals surface area contributed by atoms with Crippen LogP contribution >= 0.6 is 0 Å². The summed E-state index contributed by atoms with van der Waals surface area (Å²) >= 11 is 0. The maximum absolute atomic E-state index is 12.6. The van der Waals surface area contributed by atoms with Gasteiger partial charge in [-0.2, -0.15) is 0 Å². The van der Waals surface area contributed by atoms with Crippen molar-refractivity contribution in [3.8, 4) is 0 Å². The van der Waals surface area contributed by atoms with Crippen molar-refractivity contribution in [2.45, 2.75) is 46.2 Å². The van der Waals surface area contributed by atoms with E-state index in [0.717, 1.165) is 6.42 Å². The van der Waals surface area contributed by atoms with Crippen LogP contribution in [0.15, 0.2) is 0 Å². The molecule has 116 valence electrons. The van der Waals surface area contributed by atoms with Crippen molar-refractivity contribution in [3.05, 3.63) is 0 Å². The van der Waals surface area contributed by atoms with Crippen LogP contribution < -0.4 is 5.73 Å². The van der Waals surface area contributed by atoms with E-state index in [2.05, 4.69) is 0 Å². The van der Waals surface area contributed by atoms with E-state index in [-0.39, 0.29) is 24.5 Å². The molecule has 1 aliphatic rings. The minimum atomic E-state index is -0.925. The summed E-state index contributed by atoms with van der Waals surface area (Å²) in [6, 6.07) is -1.07. The Morgan fingerprint density at radius 2 is 2.00 bits per heavy atom. The number of carbonyl (C=O) groups is 2. The number of carbonyl (C=O) groups excluding carboxylic acids is 1. The average molecular weight is 286 g/mol. The summed E-state index contributed by atoms with van der Waals surface area (Å²) in [5, 5.41) is 9.23. The molecule has 0 bridgehead atoms. The Balaban J connectivity index is 2.93. The standard InChI is InChI=1S/C14H26N2O4/c1-5-6-16(12(17)11(15)14(2,3)4)10-8-20-7-9(10)13(18)19/h9-11H,5-8,15H2,1-4H3,(H,18,19)/t9?,10?,11-/m1/s1. The fourth-order valence-corrected chi connectivity index (χ4v) is 2.32. The molecule has 1 saturated heterocycles. The molecular formula is C14H26N2O4. The van der Waals surface area contributed by atoms with Crippen LogP contribution in [0.2, 0.25) is 0 Å². The molecule has 20 heavy (non-hydrogen) atoms. The van der Waals surface area contributed by atoms with Gasteiger partial charge in [0.25, 0.3) is 0 Å². The van der Waals surface area contributed by atoms with Crippen molar-refractivity contribution in [1.29, 1.82) is 0 Å². The first-order valence-corrected chi connectivity index (χ1v) is 7.06. The highest BCUT2D eigenvalue weighted by Crippen LogP contribution is 2.25. The first-order chi connectivity index (χ1) is 9.20. The predicted molar refractivity (Wildman–Crippen MR) is 75.2 cm³/mol. The fourth-order valence-electron chi connectivity index (χ4n) is 2.32. The maximum atomic E-state index is 12.6. The van der Waals surface area contributed by atoms with Gasteiger partial charge in [0.15, 0.2) is 0 Å². The lowest BCUT2D eigenvalue weighted by molar-refractivity contribution is -0.146. The van der Waals surface area contributed by atoms with Gasteiger partial charge in [0.1, 0.15) is 5.92 Å². The van der Waals surface area contributed by atoms with Gasteiger partial charge in [-0.05, 0) is 11.8 Å². The minimum absolute atomic E-state index is 0.151. The summed E-state index contributed by atoms with van der Waals surface area (Å²) in [7, 11) is 0. The third-order valence-electron chi connectivity index (χ3n) is 3.71. The molecule has 3 atom stereocenters. The molecule has 0 aliphatic carbocycles. The number of nitrogens with two attached hydrogens (primary N) is 1. The van der Waals surface area contributed by atoms with Gasteiger partial charge in [-0.3, -0.25) is 9.59 Å². The summed E-state index contributed by atoms with van der Waals surface area (Å²) in [5.74, 6) is -1.79. The molecule has 0 radical (unpaired) electrons. The predicted octanol–water partition coefficient (Wildman–Crippen LogP) is 0.698. The molecule has 0 saturated carbocycles. The van der Waals surface area contributed by atoms with Gasteiger partial charge in [-0.25, -0.2) is 0 Å². The highest BCUT2D eigenvalue weighted by atomic mass is 16.5. The van der Waals surface area contributed by atoms with E-state index < -0.39 is 24.0 Å². The van der Waals surface area contributed by atoms with Gasteiger partial charge in [0, 0.05) is 6.54 Å². The SMILES string of the molecule is CCCN(C(=O)[C@@H](N)C(C)(C)C)C1COCC1C(=O)O. The fraction of sp³-hybridized carbons (Fsp3) is 0.857. The van der Waals surface area contributed by atoms with Crippen molar-refractivity contribution in [2.24, 2.45) is 17.1 Å². The number of carboxylic acid groups (broad SMARTS) is 1. The first-order valence-electron chi connectivity index (χ1n) is 7.06. The Morgan fingerprint density at radius 3 is 2.45 bits per heavy atom. The topological polar surface area (TPSA) is 92.9 Å². The van der Waals surface area contributed by atoms with Gasteiger partial charge in [-0.15, -0.1) is 0 Å². The van der Waals surface area contributed by atoms with Gasteiger partial charge in [-0.1, -0.05) is 27.7 Å². The lowest BCUT2D eigenvalue weighted by Crippen LogP contribution is -2.56. The zero-order valence-electron chi connectivity index (χ0n) is 12.8. The van der Waals surface area contributed by atoms with E-state index >= 15 is 0 Å². The summed E-state index contributed by atoms with van der Waals surface area (Å²) < 4.78 is 5.26. The second-order valence-corrected chi connectivity index (χ2v) is 6.42. The highest BCUT2D eigenvalue weighted by molar-refractivity contribution is 5.83. The number of amides is 1. The number of carboxylic acids is 1. The Bertz CT molecular complexity index is 365. The van der Waals surface area contributed by atoms with Crippen LogP contribution in [0.1, 0.15) is 34.1 Å². The molecule has 0 spiro atoms. The summed E-state index contributed by atoms with van der Waals surface area (Å²) in [6.45, 7) is 8.57. The number of ether oxygens (including phenoxy) is 1. The molecule has 1 fully saturated rings. The largest absolute Gasteiger partial charge is 0.481 e. The van der Waals surface area contributed by atoms with Crippen LogP contribution in [0.4, 0.5) is 0 Å². The summed E-state index contributed by atoms with van der Waals surface area (Å²) in [6.07, 6.45) is 0.755. The molecule has 2 unspecified atom stereocenters. The van der Waals surface area contributed by atoms with Crippen LogP contribution in [0.5, 0.6) is 0 Å². The van der Waals surface area contributed by atoms with Crippen molar-refractivity contribution in [3.63, 3.8) is 0 Å². The van der Waals surface area contributed by atoms with Crippen molar-refractivity contribution >= 4 is 11.9 Å². The van der Waals surface area contributed by atoms with E-state index in [1.165, 1.54) is 0 Å². The Kier molecular flexibility index (Phi) is 5.53. The minimum Gasteiger partial charge on any atom is -0.481 e. The third-order valence-corrected chi connectivity index (χ3v) is 3.71. The molecular weight excluding hydrogens is 260 g/mol. The van der Waals surface area contributed by atoms with Crippen LogP contribution in [0.25, 0.3) is 0 Å². The van der Waals surface area contributed by atoms with Gasteiger partial charge in [0.05, 0.1) is 25.3 Å². The normalized spacial score (nSPS) is 24.4. The second kappa shape index (κ2) is 6.54. The number of aliphatic carboxylic acids is 1. The Hall–Kier alpha value is -1.14. The van der Waals surface area contributed by atoms with E-state index in [0.29, 0.717) is 6.54 Å². The quantitative estimate of drug-likeness (QED) is 0.776. The van der Waals surface area contributed by atoms with E-state index in [1.54, 1.807) is 4.90 Å². The zero-order chi connectivity index (χ0) is 15.5. The van der Waals surface area contributed by atoms with Crippen molar-refractivity contribution < 1.29 is 19.4 Å². The summed E-state index contributed by atoms with van der Waals surface area (Å²) in [5.41, 5.74) is 5.68. The van der Waals surface area contributed by atoms with Gasteiger partial charge in [0.2, 0.25) is 5.91 Å². The second-order valence-electron chi connectivity index (χ2n) is 6.42. The molecule has 1 amide bonds. The third kappa shape index (κ3) is 3.70. The summed E-state index contributed by atoms with van der Waals surface area (Å²) in [4.78, 5) is 25.4. The van der Waals surface area contributed by atoms with E-state index in [4.69, 9.17) is 10.5 Å². The number of hydrogen-bond acceptors (Lipinski definition) is 4. The number of hydrogen-bond donors (Lipinski definition) is 2. The van der Waals surface area contributed by atoms with Crippen LogP contribution in [0, 0.1) is 11.3 Å². The molecule has 1 aliphatic heterocycles. The molecule has 0 aromatic rings. The monoisotopic (exact) mass is 286 g/mol. The highest BCUT2D eigenvalue weighted by Gasteiger charge is 2.42. The Morgan fingerprint density at radius 1 is 1.40 bits per heavy atom. The molecule has 0 aromatic heterocycles. The van der Waals surface area contributed by atoms with Crippen molar-refractivity contribution in [1.82, 2.24) is 4.90 Å². The molecule has 0 aromatic carbocycles. The molecule has 6 nitrogen and oxygen atoms in total. The lowest BCUT2D eigenvalue weighted by Gasteiger charge is -2.36. The number of rotatable bonds is 5. The number of nitrogens with zero attached hydrogens (tertiary/aromatic N) is 1. The average Bonchev–Trinajstić information content (AvgIpc) is 2.82. The van der Waals surface area contributed by atoms with Crippen LogP contribution in [-0.2, 0) is 14.3 Å². The molecule has 1 heterocycles. The smallest absolute Gasteiger partial charge is 0.311 e. The maximum Gasteiger partial charge on any atom is 0.311 e. The van der Waals surface area contributed by atoms with Crippen LogP contribution in [0.3, 0.4) is 0 Å². The van der Waals surface area contributed by atoms with Gasteiger partial charge < -0.3 is 20.5 Å². The molecule has 6 heteroatoms. The van der Waals surface area contributed by atoms with E-state index in [9.17, 15) is 14.7 Å². The first kappa shape index (κ1) is 16.9. The Labute approximate surface area is 120 Å². The van der Waals surface area contributed by atoms with Gasteiger partial charge >= 0.3 is 5.97 Å². The van der Waals surface area contributed by atoms with E-state index in [1.807, 2.05) is 27.7 Å². The molecule has 1 rings (SSSR count). The lowest BCUT2D eigenvalue weighted by atomic mass is 9.86. The molecule has 3 N–H and O–H groups in total. The van der Waals surface area contributed by atoms with Crippen LogP contribution in [-0.4, -0.2) is 53.7 Å². The van der Waals surface area contributed by atoms with Crippen molar-refractivity contribution in [2.75, 3.05) is 19.8 Å².